The summed E-state index contributed by atoms with van der Waals surface area (Å²) in [6.45, 7) is 9.86. The Balaban J connectivity index is 1.41. The van der Waals surface area contributed by atoms with Gasteiger partial charge in [0.25, 0.3) is 5.91 Å². The second-order valence-corrected chi connectivity index (χ2v) is 9.46. The van der Waals surface area contributed by atoms with Crippen molar-refractivity contribution in [3.63, 3.8) is 0 Å². The molecular weight excluding hydrogens is 462 g/mol. The quantitative estimate of drug-likeness (QED) is 0.403. The highest BCUT2D eigenvalue weighted by molar-refractivity contribution is 5.98. The Hall–Kier alpha value is -3.72. The van der Waals surface area contributed by atoms with Crippen molar-refractivity contribution in [2.45, 2.75) is 20.4 Å². The number of carbonyl (C=O) groups excluding carboxylic acids is 1. The first-order chi connectivity index (χ1) is 17.3. The van der Waals surface area contributed by atoms with Crippen LogP contribution < -0.4 is 21.3 Å². The minimum absolute atomic E-state index is 0.109. The Bertz CT molecular complexity index is 1170. The number of nitrogens with zero attached hydrogens (tertiary/aromatic N) is 3. The van der Waals surface area contributed by atoms with Crippen LogP contribution in [-0.4, -0.2) is 48.5 Å². The molecule has 36 heavy (non-hydrogen) atoms. The molecule has 190 valence electrons. The second kappa shape index (κ2) is 11.3. The molecule has 3 aromatic rings. The fraction of sp³-hybridized carbons (Fsp3) is 0.333. The van der Waals surface area contributed by atoms with Gasteiger partial charge < -0.3 is 21.3 Å². The summed E-state index contributed by atoms with van der Waals surface area (Å²) in [4.78, 5) is 21.1. The fourth-order valence-electron chi connectivity index (χ4n) is 4.39. The van der Waals surface area contributed by atoms with E-state index >= 15 is 0 Å². The molecule has 1 fully saturated rings. The molecule has 2 heterocycles. The van der Waals surface area contributed by atoms with Crippen molar-refractivity contribution >= 4 is 28.8 Å². The van der Waals surface area contributed by atoms with Gasteiger partial charge in [-0.15, -0.1) is 0 Å². The number of aromatic nitrogens is 1. The predicted octanol–water partition coefficient (Wildman–Crippen LogP) is 4.59. The van der Waals surface area contributed by atoms with Gasteiger partial charge in [-0.3, -0.25) is 9.69 Å². The molecule has 0 aliphatic carbocycles. The van der Waals surface area contributed by atoms with E-state index in [1.165, 1.54) is 24.0 Å². The SMILES string of the molecule is CC(C)CN1CCN(c2ccc(Nc3cc(NCc4cc(F)cc(F)c4)c(C(N)=O)cn3)cc2)CC1. The molecular formula is C27H32F2N6O. The molecule has 0 spiro atoms. The lowest BCUT2D eigenvalue weighted by Gasteiger charge is -2.36. The molecule has 0 saturated carbocycles. The van der Waals surface area contributed by atoms with Crippen molar-refractivity contribution in [3.8, 4) is 0 Å². The lowest BCUT2D eigenvalue weighted by molar-refractivity contribution is 0.100. The Kier molecular flexibility index (Phi) is 8.00. The van der Waals surface area contributed by atoms with Crippen molar-refractivity contribution in [1.29, 1.82) is 0 Å². The van der Waals surface area contributed by atoms with E-state index in [-0.39, 0.29) is 12.1 Å². The highest BCUT2D eigenvalue weighted by Crippen LogP contribution is 2.25. The van der Waals surface area contributed by atoms with Crippen LogP contribution >= 0.6 is 0 Å². The van der Waals surface area contributed by atoms with E-state index in [2.05, 4.69) is 51.4 Å². The van der Waals surface area contributed by atoms with Crippen LogP contribution in [0, 0.1) is 17.6 Å². The van der Waals surface area contributed by atoms with E-state index in [9.17, 15) is 13.6 Å². The Labute approximate surface area is 210 Å². The zero-order valence-corrected chi connectivity index (χ0v) is 20.6. The summed E-state index contributed by atoms with van der Waals surface area (Å²) in [5.74, 6) is -0.810. The monoisotopic (exact) mass is 494 g/mol. The van der Waals surface area contributed by atoms with Crippen molar-refractivity contribution in [3.05, 3.63) is 77.5 Å². The predicted molar refractivity (Wildman–Crippen MR) is 140 cm³/mol. The van der Waals surface area contributed by atoms with Crippen LogP contribution in [0.1, 0.15) is 29.8 Å². The maximum absolute atomic E-state index is 13.5. The van der Waals surface area contributed by atoms with E-state index in [1.54, 1.807) is 6.07 Å². The smallest absolute Gasteiger partial charge is 0.252 e. The summed E-state index contributed by atoms with van der Waals surface area (Å²) in [6.07, 6.45) is 1.38. The number of pyridine rings is 1. The highest BCUT2D eigenvalue weighted by Gasteiger charge is 2.18. The lowest BCUT2D eigenvalue weighted by atomic mass is 10.1. The number of amides is 1. The third-order valence-corrected chi connectivity index (χ3v) is 6.08. The Morgan fingerprint density at radius 1 is 1.03 bits per heavy atom. The standard InChI is InChI=1S/C27H32F2N6O/c1-18(2)17-34-7-9-35(10-8-34)23-5-3-22(4-6-23)33-26-14-25(24(16-32-26)27(30)36)31-15-19-11-20(28)13-21(29)12-19/h3-6,11-14,16,18H,7-10,15,17H2,1-2H3,(H2,30,36)(H2,31,32,33). The summed E-state index contributed by atoms with van der Waals surface area (Å²) in [6, 6.07) is 13.1. The van der Waals surface area contributed by atoms with E-state index in [1.807, 2.05) is 12.1 Å². The van der Waals surface area contributed by atoms with E-state index in [0.717, 1.165) is 44.5 Å². The first kappa shape index (κ1) is 25.4. The Morgan fingerprint density at radius 3 is 2.31 bits per heavy atom. The van der Waals surface area contributed by atoms with Crippen molar-refractivity contribution < 1.29 is 13.6 Å². The molecule has 0 atom stereocenters. The number of nitrogens with two attached hydrogens (primary N) is 1. The van der Waals surface area contributed by atoms with Gasteiger partial charge in [0.05, 0.1) is 11.3 Å². The molecule has 9 heteroatoms. The summed E-state index contributed by atoms with van der Waals surface area (Å²) in [7, 11) is 0. The van der Waals surface area contributed by atoms with Gasteiger partial charge in [0, 0.05) is 69.0 Å². The largest absolute Gasteiger partial charge is 0.380 e. The van der Waals surface area contributed by atoms with Crippen LogP contribution in [0.15, 0.2) is 54.7 Å². The third-order valence-electron chi connectivity index (χ3n) is 6.08. The summed E-state index contributed by atoms with van der Waals surface area (Å²) >= 11 is 0. The van der Waals surface area contributed by atoms with Crippen LogP contribution in [0.2, 0.25) is 0 Å². The zero-order valence-electron chi connectivity index (χ0n) is 20.6. The maximum atomic E-state index is 13.5. The number of halogens is 2. The number of hydrogen-bond donors (Lipinski definition) is 3. The number of anilines is 4. The minimum Gasteiger partial charge on any atom is -0.380 e. The molecule has 1 amide bonds. The van der Waals surface area contributed by atoms with Gasteiger partial charge in [0.1, 0.15) is 17.5 Å². The van der Waals surface area contributed by atoms with Gasteiger partial charge in [-0.05, 0) is 47.9 Å². The molecule has 1 aromatic heterocycles. The fourth-order valence-corrected chi connectivity index (χ4v) is 4.39. The van der Waals surface area contributed by atoms with Gasteiger partial charge in [-0.25, -0.2) is 13.8 Å². The molecule has 2 aromatic carbocycles. The lowest BCUT2D eigenvalue weighted by Crippen LogP contribution is -2.47. The highest BCUT2D eigenvalue weighted by atomic mass is 19.1. The Morgan fingerprint density at radius 2 is 1.69 bits per heavy atom. The molecule has 0 bridgehead atoms. The average Bonchev–Trinajstić information content (AvgIpc) is 2.83. The molecule has 0 radical (unpaired) electrons. The van der Waals surface area contributed by atoms with E-state index < -0.39 is 17.5 Å². The summed E-state index contributed by atoms with van der Waals surface area (Å²) < 4.78 is 27.0. The van der Waals surface area contributed by atoms with E-state index in [0.29, 0.717) is 23.0 Å². The molecule has 1 aliphatic rings. The average molecular weight is 495 g/mol. The van der Waals surface area contributed by atoms with Gasteiger partial charge in [-0.2, -0.15) is 0 Å². The molecule has 1 saturated heterocycles. The summed E-state index contributed by atoms with van der Waals surface area (Å²) in [5.41, 5.74) is 8.50. The van der Waals surface area contributed by atoms with Gasteiger partial charge in [-0.1, -0.05) is 13.8 Å². The molecule has 0 unspecified atom stereocenters. The number of carbonyl (C=O) groups is 1. The van der Waals surface area contributed by atoms with Crippen LogP contribution in [0.5, 0.6) is 0 Å². The van der Waals surface area contributed by atoms with Crippen molar-refractivity contribution in [2.75, 3.05) is 48.3 Å². The molecule has 4 N–H and O–H groups in total. The molecule has 4 rings (SSSR count). The van der Waals surface area contributed by atoms with Crippen LogP contribution in [0.3, 0.4) is 0 Å². The number of benzene rings is 2. The first-order valence-electron chi connectivity index (χ1n) is 12.1. The normalized spacial score (nSPS) is 14.2. The summed E-state index contributed by atoms with van der Waals surface area (Å²) in [5, 5.41) is 6.27. The van der Waals surface area contributed by atoms with Gasteiger partial charge in [0.2, 0.25) is 0 Å². The number of nitrogens with one attached hydrogen (secondary N) is 2. The maximum Gasteiger partial charge on any atom is 0.252 e. The molecule has 7 nitrogen and oxygen atoms in total. The van der Waals surface area contributed by atoms with Gasteiger partial charge in [0.15, 0.2) is 0 Å². The number of hydrogen-bond acceptors (Lipinski definition) is 6. The topological polar surface area (TPSA) is 86.5 Å². The minimum atomic E-state index is -0.667. The van der Waals surface area contributed by atoms with Crippen molar-refractivity contribution in [1.82, 2.24) is 9.88 Å². The number of rotatable bonds is 9. The third kappa shape index (κ3) is 6.69. The number of piperazine rings is 1. The van der Waals surface area contributed by atoms with Gasteiger partial charge >= 0.3 is 0 Å². The number of primary amides is 1. The van der Waals surface area contributed by atoms with Crippen molar-refractivity contribution in [2.24, 2.45) is 11.7 Å². The second-order valence-electron chi connectivity index (χ2n) is 9.46. The molecule has 1 aliphatic heterocycles. The van der Waals surface area contributed by atoms with E-state index in [4.69, 9.17) is 5.73 Å². The van der Waals surface area contributed by atoms with Crippen LogP contribution in [-0.2, 0) is 6.54 Å². The van der Waals surface area contributed by atoms with Crippen LogP contribution in [0.25, 0.3) is 0 Å². The zero-order chi connectivity index (χ0) is 25.7. The van der Waals surface area contributed by atoms with Crippen LogP contribution in [0.4, 0.5) is 31.7 Å². The first-order valence-corrected chi connectivity index (χ1v) is 12.1.